The number of pyridine rings is 1. The number of thiazole rings is 1. The zero-order chi connectivity index (χ0) is 26.8. The summed E-state index contributed by atoms with van der Waals surface area (Å²) in [5, 5.41) is 3.90. The first-order valence-electron chi connectivity index (χ1n) is 13.8. The highest BCUT2D eigenvalue weighted by atomic mass is 32.1. The quantitative estimate of drug-likeness (QED) is 0.433. The molecule has 0 spiro atoms. The lowest BCUT2D eigenvalue weighted by atomic mass is 9.89. The molecule has 3 atom stereocenters. The molecule has 0 aliphatic carbocycles. The number of nitrogen functional groups attached to an aromatic ring is 1. The van der Waals surface area contributed by atoms with Crippen molar-refractivity contribution in [2.24, 2.45) is 5.92 Å². The second-order valence-corrected chi connectivity index (χ2v) is 12.0. The Morgan fingerprint density at radius 1 is 1.21 bits per heavy atom. The molecule has 3 N–H and O–H groups in total. The molecule has 2 saturated heterocycles. The van der Waals surface area contributed by atoms with Gasteiger partial charge in [-0.05, 0) is 80.4 Å². The van der Waals surface area contributed by atoms with Crippen molar-refractivity contribution in [2.45, 2.75) is 64.8 Å². The SMILES string of the molecule is CCc1cc(NC(=O)C(=O)N2C[C@@H](C)CC[C@@H]2c2ccc3sc(C(C)CN4CCCC4)nc3c2)cnc1N. The van der Waals surface area contributed by atoms with Crippen LogP contribution in [0.2, 0.25) is 0 Å². The third-order valence-electron chi connectivity index (χ3n) is 7.88. The highest BCUT2D eigenvalue weighted by Crippen LogP contribution is 2.36. The van der Waals surface area contributed by atoms with Crippen LogP contribution in [0.4, 0.5) is 11.5 Å². The summed E-state index contributed by atoms with van der Waals surface area (Å²) in [5.74, 6) is -0.00999. The number of aryl methyl sites for hydroxylation is 1. The molecule has 2 amide bonds. The molecule has 9 heteroatoms. The van der Waals surface area contributed by atoms with E-state index < -0.39 is 11.8 Å². The van der Waals surface area contributed by atoms with Gasteiger partial charge in [-0.1, -0.05) is 26.8 Å². The smallest absolute Gasteiger partial charge is 0.313 e. The lowest BCUT2D eigenvalue weighted by Gasteiger charge is -2.38. The number of nitrogens with zero attached hydrogens (tertiary/aromatic N) is 4. The van der Waals surface area contributed by atoms with Crippen LogP contribution in [0.1, 0.15) is 74.5 Å². The number of nitrogens with one attached hydrogen (secondary N) is 1. The largest absolute Gasteiger partial charge is 0.383 e. The molecule has 5 rings (SSSR count). The summed E-state index contributed by atoms with van der Waals surface area (Å²) < 4.78 is 1.17. The van der Waals surface area contributed by atoms with E-state index in [9.17, 15) is 9.59 Å². The van der Waals surface area contributed by atoms with Crippen LogP contribution in [0.3, 0.4) is 0 Å². The normalized spacial score (nSPS) is 21.1. The average molecular weight is 535 g/mol. The van der Waals surface area contributed by atoms with Crippen molar-refractivity contribution in [1.82, 2.24) is 19.8 Å². The van der Waals surface area contributed by atoms with Gasteiger partial charge in [0.2, 0.25) is 0 Å². The van der Waals surface area contributed by atoms with Crippen LogP contribution < -0.4 is 11.1 Å². The highest BCUT2D eigenvalue weighted by molar-refractivity contribution is 7.18. The molecule has 1 aromatic carbocycles. The minimum Gasteiger partial charge on any atom is -0.383 e. The van der Waals surface area contributed by atoms with Gasteiger partial charge in [-0.15, -0.1) is 11.3 Å². The van der Waals surface area contributed by atoms with Crippen LogP contribution in [0.5, 0.6) is 0 Å². The number of hydrogen-bond donors (Lipinski definition) is 2. The van der Waals surface area contributed by atoms with E-state index in [0.717, 1.165) is 41.0 Å². The van der Waals surface area contributed by atoms with Crippen molar-refractivity contribution in [3.05, 3.63) is 46.6 Å². The third-order valence-corrected chi connectivity index (χ3v) is 9.15. The van der Waals surface area contributed by atoms with Gasteiger partial charge in [0.05, 0.1) is 33.2 Å². The maximum absolute atomic E-state index is 13.4. The Kier molecular flexibility index (Phi) is 7.95. The van der Waals surface area contributed by atoms with E-state index in [0.29, 0.717) is 36.3 Å². The molecule has 4 heterocycles. The molecule has 1 unspecified atom stereocenters. The molecule has 38 heavy (non-hydrogen) atoms. The van der Waals surface area contributed by atoms with Gasteiger partial charge in [-0.25, -0.2) is 9.97 Å². The molecule has 2 aromatic heterocycles. The Bertz CT molecular complexity index is 1320. The number of carbonyl (C=O) groups excluding carboxylic acids is 2. The van der Waals surface area contributed by atoms with Crippen molar-refractivity contribution in [1.29, 1.82) is 0 Å². The number of anilines is 2. The number of benzene rings is 1. The van der Waals surface area contributed by atoms with Gasteiger partial charge in [-0.2, -0.15) is 0 Å². The Balaban J connectivity index is 1.34. The van der Waals surface area contributed by atoms with Crippen LogP contribution in [0.25, 0.3) is 10.2 Å². The molecular formula is C29H38N6O2S. The van der Waals surface area contributed by atoms with Crippen LogP contribution >= 0.6 is 11.3 Å². The van der Waals surface area contributed by atoms with Crippen LogP contribution in [0, 0.1) is 5.92 Å². The van der Waals surface area contributed by atoms with Crippen LogP contribution in [-0.2, 0) is 16.0 Å². The third kappa shape index (κ3) is 5.68. The van der Waals surface area contributed by atoms with E-state index in [1.54, 1.807) is 22.3 Å². The topological polar surface area (TPSA) is 104 Å². The fourth-order valence-corrected chi connectivity index (χ4v) is 6.71. The molecular weight excluding hydrogens is 496 g/mol. The van der Waals surface area contributed by atoms with Crippen molar-refractivity contribution >= 4 is 44.9 Å². The van der Waals surface area contributed by atoms with E-state index in [1.807, 2.05) is 6.92 Å². The van der Waals surface area contributed by atoms with E-state index in [1.165, 1.54) is 36.8 Å². The average Bonchev–Trinajstić information content (AvgIpc) is 3.58. The second-order valence-electron chi connectivity index (χ2n) is 10.9. The predicted molar refractivity (Wildman–Crippen MR) is 153 cm³/mol. The molecule has 202 valence electrons. The van der Waals surface area contributed by atoms with Gasteiger partial charge in [0.15, 0.2) is 0 Å². The number of likely N-dealkylation sites (tertiary alicyclic amines) is 2. The zero-order valence-corrected chi connectivity index (χ0v) is 23.4. The maximum atomic E-state index is 13.4. The van der Waals surface area contributed by atoms with Gasteiger partial charge >= 0.3 is 11.8 Å². The van der Waals surface area contributed by atoms with Gasteiger partial charge in [-0.3, -0.25) is 9.59 Å². The van der Waals surface area contributed by atoms with E-state index >= 15 is 0 Å². The van der Waals surface area contributed by atoms with E-state index in [2.05, 4.69) is 47.2 Å². The Morgan fingerprint density at radius 2 is 2.00 bits per heavy atom. The highest BCUT2D eigenvalue weighted by Gasteiger charge is 2.34. The van der Waals surface area contributed by atoms with Gasteiger partial charge < -0.3 is 20.9 Å². The van der Waals surface area contributed by atoms with Gasteiger partial charge in [0.1, 0.15) is 5.82 Å². The number of carbonyl (C=O) groups is 2. The number of nitrogens with two attached hydrogens (primary N) is 1. The van der Waals surface area contributed by atoms with E-state index in [-0.39, 0.29) is 6.04 Å². The summed E-state index contributed by atoms with van der Waals surface area (Å²) in [5.41, 5.74) is 9.23. The van der Waals surface area contributed by atoms with Crippen molar-refractivity contribution in [3.8, 4) is 0 Å². The molecule has 0 saturated carbocycles. The number of fused-ring (bicyclic) bond motifs is 1. The molecule has 2 aliphatic rings. The van der Waals surface area contributed by atoms with E-state index in [4.69, 9.17) is 10.7 Å². The first kappa shape index (κ1) is 26.6. The predicted octanol–water partition coefficient (Wildman–Crippen LogP) is 4.97. The monoisotopic (exact) mass is 534 g/mol. The Morgan fingerprint density at radius 3 is 2.76 bits per heavy atom. The van der Waals surface area contributed by atoms with Crippen molar-refractivity contribution in [2.75, 3.05) is 37.2 Å². The van der Waals surface area contributed by atoms with Crippen molar-refractivity contribution in [3.63, 3.8) is 0 Å². The number of aromatic nitrogens is 2. The number of hydrogen-bond acceptors (Lipinski definition) is 7. The number of piperidine rings is 1. The molecule has 3 aromatic rings. The minimum atomic E-state index is -0.648. The summed E-state index contributed by atoms with van der Waals surface area (Å²) in [6, 6.07) is 7.97. The number of rotatable bonds is 6. The van der Waals surface area contributed by atoms with Gasteiger partial charge in [0, 0.05) is 19.0 Å². The molecule has 8 nitrogen and oxygen atoms in total. The summed E-state index contributed by atoms with van der Waals surface area (Å²) >= 11 is 1.76. The zero-order valence-electron chi connectivity index (χ0n) is 22.6. The fraction of sp³-hybridized carbons (Fsp3) is 0.517. The molecule has 2 aliphatic heterocycles. The Labute approximate surface area is 228 Å². The lowest BCUT2D eigenvalue weighted by Crippen LogP contribution is -2.46. The lowest BCUT2D eigenvalue weighted by molar-refractivity contribution is -0.146. The first-order valence-corrected chi connectivity index (χ1v) is 14.6. The summed E-state index contributed by atoms with van der Waals surface area (Å²) in [6.45, 7) is 10.3. The minimum absolute atomic E-state index is 0.156. The fourth-order valence-electron chi connectivity index (χ4n) is 5.72. The van der Waals surface area contributed by atoms with Crippen LogP contribution in [0.15, 0.2) is 30.5 Å². The standard InChI is InChI=1S/C29H38N6O2S/c1-4-20-13-22(15-31-26(20)30)32-27(36)29(37)35-16-18(2)7-9-24(35)21-8-10-25-23(14-21)33-28(38-25)19(3)17-34-11-5-6-12-34/h8,10,13-15,18-19,24H,4-7,9,11-12,16-17H2,1-3H3,(H2,30,31)(H,32,36)/t18-,19?,24+/m0/s1. The summed E-state index contributed by atoms with van der Waals surface area (Å²) in [7, 11) is 0. The molecule has 2 fully saturated rings. The summed E-state index contributed by atoms with van der Waals surface area (Å²) in [6.07, 6.45) is 6.59. The molecule has 0 radical (unpaired) electrons. The Hall–Kier alpha value is -3.04. The first-order chi connectivity index (χ1) is 18.3. The maximum Gasteiger partial charge on any atom is 0.313 e. The van der Waals surface area contributed by atoms with Gasteiger partial charge in [0.25, 0.3) is 0 Å². The molecule has 0 bridgehead atoms. The second kappa shape index (κ2) is 11.4. The van der Waals surface area contributed by atoms with Crippen LogP contribution in [-0.4, -0.2) is 57.8 Å². The number of amides is 2. The summed E-state index contributed by atoms with van der Waals surface area (Å²) in [4.78, 5) is 39.9. The van der Waals surface area contributed by atoms with Crippen molar-refractivity contribution < 1.29 is 9.59 Å².